The summed E-state index contributed by atoms with van der Waals surface area (Å²) in [5.74, 6) is -0.644. The maximum Gasteiger partial charge on any atom is 0.436 e. The van der Waals surface area contributed by atoms with Gasteiger partial charge in [0.15, 0.2) is 5.69 Å². The van der Waals surface area contributed by atoms with Gasteiger partial charge in [-0.15, -0.1) is 0 Å². The molecule has 0 atom stereocenters. The number of carbonyl (C=O) groups excluding carboxylic acids is 1. The molecule has 1 N–H and O–H groups in total. The van der Waals surface area contributed by atoms with E-state index in [-0.39, 0.29) is 29.4 Å². The molecule has 0 spiro atoms. The lowest BCUT2D eigenvalue weighted by Crippen LogP contribution is -2.40. The summed E-state index contributed by atoms with van der Waals surface area (Å²) >= 11 is 5.66. The molecule has 1 saturated heterocycles. The number of halogens is 4. The van der Waals surface area contributed by atoms with E-state index in [1.807, 2.05) is 0 Å². The lowest BCUT2D eigenvalue weighted by Gasteiger charge is -2.26. The second kappa shape index (κ2) is 8.53. The second-order valence-electron chi connectivity index (χ2n) is 6.49. The molecule has 0 aliphatic carbocycles. The molecule has 8 nitrogen and oxygen atoms in total. The highest BCUT2D eigenvalue weighted by Crippen LogP contribution is 2.35. The van der Waals surface area contributed by atoms with Gasteiger partial charge in [0.05, 0.1) is 28.8 Å². The number of hydrogen-bond donors (Lipinski definition) is 1. The van der Waals surface area contributed by atoms with E-state index < -0.39 is 39.4 Å². The van der Waals surface area contributed by atoms with Crippen LogP contribution in [0.4, 0.5) is 18.9 Å². The summed E-state index contributed by atoms with van der Waals surface area (Å²) in [5.41, 5.74) is -0.967. The van der Waals surface area contributed by atoms with Crippen molar-refractivity contribution in [3.05, 3.63) is 40.7 Å². The normalized spacial score (nSPS) is 15.9. The summed E-state index contributed by atoms with van der Waals surface area (Å²) in [7, 11) is -3.67. The van der Waals surface area contributed by atoms with Crippen molar-refractivity contribution < 1.29 is 31.1 Å². The zero-order valence-electron chi connectivity index (χ0n) is 15.7. The van der Waals surface area contributed by atoms with Gasteiger partial charge in [-0.1, -0.05) is 11.6 Å². The third-order valence-corrected chi connectivity index (χ3v) is 6.81. The Morgan fingerprint density at radius 2 is 1.83 bits per heavy atom. The van der Waals surface area contributed by atoms with Crippen molar-refractivity contribution in [2.24, 2.45) is 0 Å². The minimum atomic E-state index is -4.73. The first-order valence-electron chi connectivity index (χ1n) is 8.78. The summed E-state index contributed by atoms with van der Waals surface area (Å²) in [4.78, 5) is 12.3. The summed E-state index contributed by atoms with van der Waals surface area (Å²) in [6.45, 7) is 1.98. The first-order valence-corrected chi connectivity index (χ1v) is 10.6. The molecule has 13 heteroatoms. The average Bonchev–Trinajstić information content (AvgIpc) is 2.97. The maximum absolute atomic E-state index is 12.9. The van der Waals surface area contributed by atoms with E-state index in [9.17, 15) is 26.4 Å². The SMILES string of the molecule is Cc1c(Cl)c(C(F)(F)F)nn1CC(=O)Nc1ccc(S(=O)(=O)N2CCOCC2)cc1. The van der Waals surface area contributed by atoms with Crippen LogP contribution in [0.2, 0.25) is 5.02 Å². The Bertz CT molecular complexity index is 1030. The highest BCUT2D eigenvalue weighted by atomic mass is 35.5. The van der Waals surface area contributed by atoms with Crippen LogP contribution in [-0.2, 0) is 32.3 Å². The Labute approximate surface area is 175 Å². The van der Waals surface area contributed by atoms with Crippen molar-refractivity contribution >= 4 is 33.2 Å². The second-order valence-corrected chi connectivity index (χ2v) is 8.81. The number of hydrogen-bond acceptors (Lipinski definition) is 5. The van der Waals surface area contributed by atoms with Crippen molar-refractivity contribution in [1.82, 2.24) is 14.1 Å². The first kappa shape index (κ1) is 22.5. The van der Waals surface area contributed by atoms with E-state index in [0.717, 1.165) is 4.68 Å². The number of alkyl halides is 3. The molecule has 0 bridgehead atoms. The van der Waals surface area contributed by atoms with E-state index in [1.54, 1.807) is 0 Å². The van der Waals surface area contributed by atoms with Gasteiger partial charge >= 0.3 is 6.18 Å². The van der Waals surface area contributed by atoms with Crippen LogP contribution in [0.5, 0.6) is 0 Å². The molecule has 3 rings (SSSR count). The monoisotopic (exact) mass is 466 g/mol. The maximum atomic E-state index is 12.9. The molecule has 164 valence electrons. The number of nitrogens with zero attached hydrogens (tertiary/aromatic N) is 3. The Hall–Kier alpha value is -2.15. The number of benzene rings is 1. The Kier molecular flexibility index (Phi) is 6.41. The fraction of sp³-hybridized carbons (Fsp3) is 0.412. The van der Waals surface area contributed by atoms with Crippen LogP contribution in [0.3, 0.4) is 0 Å². The number of aromatic nitrogens is 2. The summed E-state index contributed by atoms with van der Waals surface area (Å²) < 4.78 is 71.1. The van der Waals surface area contributed by atoms with Gasteiger partial charge in [-0.25, -0.2) is 8.42 Å². The lowest BCUT2D eigenvalue weighted by atomic mass is 10.3. The van der Waals surface area contributed by atoms with Crippen LogP contribution < -0.4 is 5.32 Å². The van der Waals surface area contributed by atoms with Gasteiger partial charge in [0.2, 0.25) is 15.9 Å². The largest absolute Gasteiger partial charge is 0.436 e. The summed E-state index contributed by atoms with van der Waals surface area (Å²) in [6, 6.07) is 5.49. The molecule has 1 fully saturated rings. The van der Waals surface area contributed by atoms with Crippen molar-refractivity contribution in [3.8, 4) is 0 Å². The average molecular weight is 467 g/mol. The van der Waals surface area contributed by atoms with E-state index in [2.05, 4.69) is 10.4 Å². The zero-order chi connectivity index (χ0) is 22.1. The Morgan fingerprint density at radius 3 is 2.37 bits per heavy atom. The van der Waals surface area contributed by atoms with Crippen molar-refractivity contribution in [2.45, 2.75) is 24.5 Å². The van der Waals surface area contributed by atoms with Crippen LogP contribution in [-0.4, -0.2) is 54.7 Å². The van der Waals surface area contributed by atoms with Gasteiger partial charge in [-0.2, -0.15) is 22.6 Å². The molecule has 0 saturated carbocycles. The fourth-order valence-electron chi connectivity index (χ4n) is 2.84. The van der Waals surface area contributed by atoms with Gasteiger partial charge in [0, 0.05) is 18.8 Å². The molecule has 1 aliphatic rings. The van der Waals surface area contributed by atoms with Crippen LogP contribution in [0.25, 0.3) is 0 Å². The Morgan fingerprint density at radius 1 is 1.23 bits per heavy atom. The minimum absolute atomic E-state index is 0.00564. The lowest BCUT2D eigenvalue weighted by molar-refractivity contribution is -0.141. The van der Waals surface area contributed by atoms with Crippen molar-refractivity contribution in [2.75, 3.05) is 31.6 Å². The number of morpholine rings is 1. The number of amides is 1. The molecule has 1 aromatic carbocycles. The topological polar surface area (TPSA) is 93.5 Å². The van der Waals surface area contributed by atoms with Crippen molar-refractivity contribution in [3.63, 3.8) is 0 Å². The quantitative estimate of drug-likeness (QED) is 0.731. The smallest absolute Gasteiger partial charge is 0.379 e. The fourth-order valence-corrected chi connectivity index (χ4v) is 4.49. The van der Waals surface area contributed by atoms with Gasteiger partial charge < -0.3 is 10.1 Å². The van der Waals surface area contributed by atoms with E-state index in [4.69, 9.17) is 16.3 Å². The summed E-state index contributed by atoms with van der Waals surface area (Å²) in [5, 5.41) is 5.29. The van der Waals surface area contributed by atoms with Crippen molar-refractivity contribution in [1.29, 1.82) is 0 Å². The molecule has 2 heterocycles. The number of anilines is 1. The van der Waals surface area contributed by atoms with Gasteiger partial charge in [0.25, 0.3) is 0 Å². The van der Waals surface area contributed by atoms with Crippen LogP contribution in [0.1, 0.15) is 11.4 Å². The van der Waals surface area contributed by atoms with E-state index in [0.29, 0.717) is 13.2 Å². The number of nitrogens with one attached hydrogen (secondary N) is 1. The third kappa shape index (κ3) is 4.77. The highest BCUT2D eigenvalue weighted by molar-refractivity contribution is 7.89. The molecule has 0 unspecified atom stereocenters. The molecule has 1 aromatic heterocycles. The molecule has 0 radical (unpaired) electrons. The van der Waals surface area contributed by atoms with Gasteiger partial charge in [0.1, 0.15) is 6.54 Å². The number of ether oxygens (including phenoxy) is 1. The summed E-state index contributed by atoms with van der Waals surface area (Å²) in [6.07, 6.45) is -4.73. The number of carbonyl (C=O) groups is 1. The molecule has 1 amide bonds. The van der Waals surface area contributed by atoms with Gasteiger partial charge in [-0.3, -0.25) is 9.48 Å². The third-order valence-electron chi connectivity index (χ3n) is 4.44. The highest BCUT2D eigenvalue weighted by Gasteiger charge is 2.38. The van der Waals surface area contributed by atoms with Crippen LogP contribution in [0, 0.1) is 6.92 Å². The minimum Gasteiger partial charge on any atom is -0.379 e. The first-order chi connectivity index (χ1) is 14.0. The number of sulfonamides is 1. The van der Waals surface area contributed by atoms with E-state index >= 15 is 0 Å². The Balaban J connectivity index is 1.68. The molecule has 30 heavy (non-hydrogen) atoms. The molecule has 2 aromatic rings. The predicted molar refractivity (Wildman–Crippen MR) is 102 cm³/mol. The standard InChI is InChI=1S/C17H18ClF3N4O4S/c1-11-15(18)16(17(19,20)21)23-25(11)10-14(26)22-12-2-4-13(5-3-12)30(27,28)24-6-8-29-9-7-24/h2-5H,6-10H2,1H3,(H,22,26). The number of rotatable bonds is 5. The molecule has 1 aliphatic heterocycles. The predicted octanol–water partition coefficient (Wildman–Crippen LogP) is 2.52. The van der Waals surface area contributed by atoms with Gasteiger partial charge in [-0.05, 0) is 31.2 Å². The van der Waals surface area contributed by atoms with Crippen LogP contribution in [0.15, 0.2) is 29.2 Å². The zero-order valence-corrected chi connectivity index (χ0v) is 17.3. The van der Waals surface area contributed by atoms with E-state index in [1.165, 1.54) is 35.5 Å². The van der Waals surface area contributed by atoms with Crippen LogP contribution >= 0.6 is 11.6 Å². The molecular weight excluding hydrogens is 449 g/mol. The molecular formula is C17H18ClF3N4O4S.